The fourth-order valence-electron chi connectivity index (χ4n) is 0.467. The number of esters is 1. The zero-order valence-corrected chi connectivity index (χ0v) is 7.53. The number of rotatable bonds is 5. The number of carbonyl (C=O) groups excluding carboxylic acids is 1. The van der Waals surface area contributed by atoms with E-state index in [0.29, 0.717) is 0 Å². The van der Waals surface area contributed by atoms with Gasteiger partial charge < -0.3 is 9.84 Å². The molecule has 0 bridgehead atoms. The van der Waals surface area contributed by atoms with Gasteiger partial charge in [-0.1, -0.05) is 6.58 Å². The number of carbonyl (C=O) groups is 1. The Morgan fingerprint density at radius 3 is 2.46 bits per heavy atom. The topological polar surface area (TPSA) is 101 Å². The van der Waals surface area contributed by atoms with Crippen LogP contribution in [0.5, 0.6) is 0 Å². The Kier molecular flexibility index (Phi) is 4.60. The third-order valence-electron chi connectivity index (χ3n) is 1.20. The summed E-state index contributed by atoms with van der Waals surface area (Å²) in [4.78, 5) is 10.5. The summed E-state index contributed by atoms with van der Waals surface area (Å²) in [6.07, 6.45) is 0.846. The summed E-state index contributed by atoms with van der Waals surface area (Å²) < 4.78 is 33.7. The molecule has 0 aromatic heterocycles. The van der Waals surface area contributed by atoms with Gasteiger partial charge in [0.1, 0.15) is 11.9 Å². The zero-order chi connectivity index (χ0) is 10.5. The van der Waals surface area contributed by atoms with Crippen molar-refractivity contribution in [2.24, 2.45) is 0 Å². The second-order valence-electron chi connectivity index (χ2n) is 2.15. The molecule has 0 saturated carbocycles. The minimum absolute atomic E-state index is 0.597. The van der Waals surface area contributed by atoms with Gasteiger partial charge >= 0.3 is 5.97 Å². The normalized spacial score (nSPS) is 13.4. The highest BCUT2D eigenvalue weighted by Crippen LogP contribution is 1.98. The van der Waals surface area contributed by atoms with E-state index in [1.54, 1.807) is 0 Å². The first-order valence-corrected chi connectivity index (χ1v) is 4.78. The molecule has 2 N–H and O–H groups in total. The van der Waals surface area contributed by atoms with Gasteiger partial charge in [0.05, 0.1) is 6.61 Å². The molecule has 6 nitrogen and oxygen atoms in total. The summed E-state index contributed by atoms with van der Waals surface area (Å²) in [5.74, 6) is -0.817. The standard InChI is InChI=1S/C6H10O6S/c1-2-6(8)12-4-5(3-7)13(9,10)11/h2,5,7H,1,3-4H2,(H,9,10,11). The Hall–Kier alpha value is -0.920. The molecule has 1 atom stereocenters. The predicted octanol–water partition coefficient (Wildman–Crippen LogP) is -1.04. The molecule has 0 fully saturated rings. The van der Waals surface area contributed by atoms with E-state index < -0.39 is 34.6 Å². The molecule has 0 aliphatic heterocycles. The van der Waals surface area contributed by atoms with E-state index in [-0.39, 0.29) is 0 Å². The first kappa shape index (κ1) is 12.1. The predicted molar refractivity (Wildman–Crippen MR) is 43.6 cm³/mol. The summed E-state index contributed by atoms with van der Waals surface area (Å²) >= 11 is 0. The van der Waals surface area contributed by atoms with Crippen LogP contribution in [0.2, 0.25) is 0 Å². The van der Waals surface area contributed by atoms with E-state index in [1.165, 1.54) is 0 Å². The molecule has 0 aromatic rings. The smallest absolute Gasteiger partial charge is 0.330 e. The van der Waals surface area contributed by atoms with Crippen LogP contribution in [0, 0.1) is 0 Å². The van der Waals surface area contributed by atoms with E-state index in [9.17, 15) is 13.2 Å². The minimum Gasteiger partial charge on any atom is -0.461 e. The van der Waals surface area contributed by atoms with Gasteiger partial charge in [0.15, 0.2) is 0 Å². The molecular formula is C6H10O6S. The van der Waals surface area contributed by atoms with E-state index in [2.05, 4.69) is 11.3 Å². The second kappa shape index (κ2) is 4.95. The van der Waals surface area contributed by atoms with Crippen LogP contribution in [-0.2, 0) is 19.6 Å². The van der Waals surface area contributed by atoms with Gasteiger partial charge in [-0.15, -0.1) is 0 Å². The van der Waals surface area contributed by atoms with E-state index in [1.807, 2.05) is 0 Å². The summed E-state index contributed by atoms with van der Waals surface area (Å²) in [5.41, 5.74) is 0. The van der Waals surface area contributed by atoms with Crippen LogP contribution in [0.4, 0.5) is 0 Å². The lowest BCUT2D eigenvalue weighted by atomic mass is 10.5. The third kappa shape index (κ3) is 4.61. The fourth-order valence-corrected chi connectivity index (χ4v) is 0.895. The van der Waals surface area contributed by atoms with Gasteiger partial charge in [-0.2, -0.15) is 8.42 Å². The van der Waals surface area contributed by atoms with Crippen molar-refractivity contribution in [2.75, 3.05) is 13.2 Å². The van der Waals surface area contributed by atoms with Gasteiger partial charge in [-0.3, -0.25) is 4.55 Å². The highest BCUT2D eigenvalue weighted by Gasteiger charge is 2.23. The minimum atomic E-state index is -4.38. The molecular weight excluding hydrogens is 200 g/mol. The molecule has 0 aliphatic carbocycles. The summed E-state index contributed by atoms with van der Waals surface area (Å²) in [5, 5.41) is 6.99. The SMILES string of the molecule is C=CC(=O)OCC(CO)S(=O)(=O)O. The zero-order valence-electron chi connectivity index (χ0n) is 6.71. The molecule has 0 spiro atoms. The molecule has 13 heavy (non-hydrogen) atoms. The third-order valence-corrected chi connectivity index (χ3v) is 2.33. The number of aliphatic hydroxyl groups is 1. The first-order valence-electron chi connectivity index (χ1n) is 3.28. The van der Waals surface area contributed by atoms with Crippen molar-refractivity contribution in [3.8, 4) is 0 Å². The lowest BCUT2D eigenvalue weighted by Crippen LogP contribution is -2.30. The first-order chi connectivity index (χ1) is 5.91. The highest BCUT2D eigenvalue weighted by molar-refractivity contribution is 7.86. The molecule has 1 unspecified atom stereocenters. The lowest BCUT2D eigenvalue weighted by Gasteiger charge is -2.09. The largest absolute Gasteiger partial charge is 0.461 e. The second-order valence-corrected chi connectivity index (χ2v) is 3.85. The average Bonchev–Trinajstić information content (AvgIpc) is 2.02. The fraction of sp³-hybridized carbons (Fsp3) is 0.500. The van der Waals surface area contributed by atoms with Gasteiger partial charge in [0.2, 0.25) is 0 Å². The van der Waals surface area contributed by atoms with Crippen LogP contribution >= 0.6 is 0 Å². The highest BCUT2D eigenvalue weighted by atomic mass is 32.2. The van der Waals surface area contributed by atoms with Crippen LogP contribution in [0.1, 0.15) is 0 Å². The van der Waals surface area contributed by atoms with Crippen molar-refractivity contribution in [3.63, 3.8) is 0 Å². The van der Waals surface area contributed by atoms with E-state index in [0.717, 1.165) is 6.08 Å². The number of hydrogen-bond donors (Lipinski definition) is 2. The molecule has 0 aliphatic rings. The number of aliphatic hydroxyl groups excluding tert-OH is 1. The quantitative estimate of drug-likeness (QED) is 0.341. The Morgan fingerprint density at radius 1 is 1.62 bits per heavy atom. The van der Waals surface area contributed by atoms with Gasteiger partial charge in [-0.05, 0) is 0 Å². The van der Waals surface area contributed by atoms with Crippen molar-refractivity contribution < 1.29 is 27.6 Å². The van der Waals surface area contributed by atoms with Gasteiger partial charge in [0, 0.05) is 6.08 Å². The Morgan fingerprint density at radius 2 is 2.15 bits per heavy atom. The molecule has 7 heteroatoms. The monoisotopic (exact) mass is 210 g/mol. The maximum atomic E-state index is 10.5. The maximum absolute atomic E-state index is 10.5. The molecule has 0 heterocycles. The van der Waals surface area contributed by atoms with Crippen molar-refractivity contribution >= 4 is 16.1 Å². The molecule has 0 amide bonds. The van der Waals surface area contributed by atoms with Crippen LogP contribution in [0.25, 0.3) is 0 Å². The summed E-state index contributed by atoms with van der Waals surface area (Å²) in [6, 6.07) is 0. The maximum Gasteiger partial charge on any atom is 0.330 e. The average molecular weight is 210 g/mol. The Bertz CT molecular complexity index is 279. The van der Waals surface area contributed by atoms with Gasteiger partial charge in [-0.25, -0.2) is 4.79 Å². The molecule has 0 rings (SSSR count). The lowest BCUT2D eigenvalue weighted by molar-refractivity contribution is -0.137. The summed E-state index contributed by atoms with van der Waals surface area (Å²) in [7, 11) is -4.38. The molecule has 0 aromatic carbocycles. The summed E-state index contributed by atoms with van der Waals surface area (Å²) in [6.45, 7) is 1.66. The van der Waals surface area contributed by atoms with Gasteiger partial charge in [0.25, 0.3) is 10.1 Å². The molecule has 76 valence electrons. The Balaban J connectivity index is 4.16. The number of hydrogen-bond acceptors (Lipinski definition) is 5. The van der Waals surface area contributed by atoms with Crippen LogP contribution in [0.15, 0.2) is 12.7 Å². The van der Waals surface area contributed by atoms with Crippen molar-refractivity contribution in [1.82, 2.24) is 0 Å². The van der Waals surface area contributed by atoms with Crippen molar-refractivity contribution in [3.05, 3.63) is 12.7 Å². The van der Waals surface area contributed by atoms with E-state index >= 15 is 0 Å². The van der Waals surface area contributed by atoms with Crippen molar-refractivity contribution in [2.45, 2.75) is 5.25 Å². The number of ether oxygens (including phenoxy) is 1. The van der Waals surface area contributed by atoms with Crippen molar-refractivity contribution in [1.29, 1.82) is 0 Å². The van der Waals surface area contributed by atoms with Crippen LogP contribution in [0.3, 0.4) is 0 Å². The Labute approximate surface area is 75.6 Å². The molecule has 0 radical (unpaired) electrons. The van der Waals surface area contributed by atoms with E-state index in [4.69, 9.17) is 9.66 Å². The van der Waals surface area contributed by atoms with Crippen LogP contribution in [-0.4, -0.2) is 42.5 Å². The molecule has 0 saturated heterocycles. The van der Waals surface area contributed by atoms with Crippen LogP contribution < -0.4 is 0 Å².